The van der Waals surface area contributed by atoms with Crippen LogP contribution in [-0.2, 0) is 6.42 Å². The summed E-state index contributed by atoms with van der Waals surface area (Å²) in [5.41, 5.74) is 10.4. The molecular formula is C34H32Cl2FN7O. The molecule has 0 spiro atoms. The second kappa shape index (κ2) is 12.4. The predicted molar refractivity (Wildman–Crippen MR) is 175 cm³/mol. The van der Waals surface area contributed by atoms with Gasteiger partial charge in [-0.2, -0.15) is 10.4 Å². The van der Waals surface area contributed by atoms with Gasteiger partial charge in [-0.1, -0.05) is 42.3 Å². The third-order valence-electron chi connectivity index (χ3n) is 8.98. The highest BCUT2D eigenvalue weighted by Crippen LogP contribution is 2.49. The smallest absolute Gasteiger partial charge is 0.272 e. The molecule has 230 valence electrons. The van der Waals surface area contributed by atoms with Crippen molar-refractivity contribution >= 4 is 50.9 Å². The topological polar surface area (TPSA) is 123 Å². The Morgan fingerprint density at radius 2 is 2.04 bits per heavy atom. The molecule has 8 nitrogen and oxygen atoms in total. The number of benzene rings is 2. The van der Waals surface area contributed by atoms with Gasteiger partial charge in [0.2, 0.25) is 0 Å². The third-order valence-corrected chi connectivity index (χ3v) is 9.80. The number of carbonyl (C=O) groups excluding carboxylic acids is 1. The highest BCUT2D eigenvalue weighted by molar-refractivity contribution is 6.43. The van der Waals surface area contributed by atoms with Gasteiger partial charge in [-0.25, -0.2) is 9.37 Å². The van der Waals surface area contributed by atoms with Crippen LogP contribution in [0.25, 0.3) is 32.9 Å². The molecule has 1 aliphatic carbocycles. The summed E-state index contributed by atoms with van der Waals surface area (Å²) < 4.78 is 19.1. The third kappa shape index (κ3) is 5.31. The lowest BCUT2D eigenvalue weighted by Crippen LogP contribution is -2.42. The standard InChI is InChI=1S/C34H32Cl2FN7O/c1-17-13-21(16-39)32(17)44-27(19(3)42-34(45)26-10-6-12-40-43-26)15-23-18(2)41-31-24(33(23)44)14-20(7-5-11-38)28(30(31)37)22-8-4-9-25(35)29(22)36/h4,6,8-10,12,14-15,17,19,21,32H,5,7,13,16,39H2,1-3H3,(H,42,45)/t17-,19+,21+,32+/m0/s1. The quantitative estimate of drug-likeness (QED) is 0.180. The summed E-state index contributed by atoms with van der Waals surface area (Å²) in [6.07, 6.45) is 2.97. The van der Waals surface area contributed by atoms with Crippen LogP contribution in [0.4, 0.5) is 4.39 Å². The Bertz CT molecular complexity index is 1990. The average molecular weight is 645 g/mol. The molecule has 5 aromatic rings. The summed E-state index contributed by atoms with van der Waals surface area (Å²) in [5.74, 6) is -0.373. The van der Waals surface area contributed by atoms with E-state index >= 15 is 4.39 Å². The van der Waals surface area contributed by atoms with Gasteiger partial charge in [-0.3, -0.25) is 4.79 Å². The summed E-state index contributed by atoms with van der Waals surface area (Å²) in [6, 6.07) is 14.1. The molecule has 0 aliphatic heterocycles. The molecule has 3 N–H and O–H groups in total. The van der Waals surface area contributed by atoms with Crippen LogP contribution in [0.1, 0.15) is 66.2 Å². The maximum Gasteiger partial charge on any atom is 0.272 e. The van der Waals surface area contributed by atoms with Gasteiger partial charge in [-0.15, -0.1) is 5.10 Å². The number of nitriles is 1. The summed E-state index contributed by atoms with van der Waals surface area (Å²) in [6.45, 7) is 6.46. The Balaban J connectivity index is 1.64. The number of pyridine rings is 1. The Hall–Kier alpha value is -4.10. The van der Waals surface area contributed by atoms with Gasteiger partial charge in [0.25, 0.3) is 5.91 Å². The predicted octanol–water partition coefficient (Wildman–Crippen LogP) is 7.50. The molecule has 0 radical (unpaired) electrons. The van der Waals surface area contributed by atoms with E-state index in [1.54, 1.807) is 30.3 Å². The Kier molecular flexibility index (Phi) is 8.49. The molecule has 1 amide bonds. The molecule has 4 atom stereocenters. The molecule has 0 bridgehead atoms. The molecule has 11 heteroatoms. The van der Waals surface area contributed by atoms with E-state index in [0.717, 1.165) is 23.0 Å². The monoisotopic (exact) mass is 643 g/mol. The van der Waals surface area contributed by atoms with Crippen molar-refractivity contribution in [2.45, 2.75) is 52.1 Å². The van der Waals surface area contributed by atoms with Crippen LogP contribution >= 0.6 is 23.2 Å². The number of rotatable bonds is 8. The van der Waals surface area contributed by atoms with Crippen LogP contribution in [0.2, 0.25) is 10.0 Å². The second-order valence-electron chi connectivity index (χ2n) is 11.8. The van der Waals surface area contributed by atoms with Crippen LogP contribution < -0.4 is 11.1 Å². The van der Waals surface area contributed by atoms with Crippen molar-refractivity contribution in [1.82, 2.24) is 25.1 Å². The largest absolute Gasteiger partial charge is 0.343 e. The van der Waals surface area contributed by atoms with E-state index in [0.29, 0.717) is 46.1 Å². The highest BCUT2D eigenvalue weighted by atomic mass is 35.5. The van der Waals surface area contributed by atoms with Crippen molar-refractivity contribution < 1.29 is 9.18 Å². The van der Waals surface area contributed by atoms with Gasteiger partial charge in [0, 0.05) is 51.9 Å². The van der Waals surface area contributed by atoms with Gasteiger partial charge in [0.15, 0.2) is 11.5 Å². The number of nitrogens with two attached hydrogens (primary N) is 1. The molecule has 1 aliphatic rings. The molecule has 1 fully saturated rings. The first-order valence-electron chi connectivity index (χ1n) is 14.9. The molecular weight excluding hydrogens is 612 g/mol. The normalized spacial score (nSPS) is 18.5. The molecule has 1 saturated carbocycles. The van der Waals surface area contributed by atoms with Crippen molar-refractivity contribution in [3.8, 4) is 17.2 Å². The van der Waals surface area contributed by atoms with Gasteiger partial charge >= 0.3 is 0 Å². The minimum Gasteiger partial charge on any atom is -0.343 e. The minimum atomic E-state index is -0.523. The number of fused-ring (bicyclic) bond motifs is 3. The number of hydrogen-bond acceptors (Lipinski definition) is 6. The van der Waals surface area contributed by atoms with E-state index in [1.165, 1.54) is 6.20 Å². The number of halogens is 3. The second-order valence-corrected chi connectivity index (χ2v) is 12.6. The maximum atomic E-state index is 16.9. The molecule has 3 heterocycles. The molecule has 2 aromatic carbocycles. The fraction of sp³-hybridized carbons (Fsp3) is 0.324. The first-order valence-corrected chi connectivity index (χ1v) is 15.7. The summed E-state index contributed by atoms with van der Waals surface area (Å²) in [4.78, 5) is 17.9. The van der Waals surface area contributed by atoms with Gasteiger partial charge in [-0.05, 0) is 81.0 Å². The fourth-order valence-corrected chi connectivity index (χ4v) is 7.22. The number of hydrogen-bond donors (Lipinski definition) is 2. The fourth-order valence-electron chi connectivity index (χ4n) is 6.83. The maximum absolute atomic E-state index is 16.9. The Morgan fingerprint density at radius 1 is 1.24 bits per heavy atom. The van der Waals surface area contributed by atoms with Gasteiger partial charge in [0.05, 0.1) is 27.7 Å². The number of amides is 1. The van der Waals surface area contributed by atoms with Crippen LogP contribution in [0.15, 0.2) is 48.7 Å². The number of carbonyl (C=O) groups is 1. The van der Waals surface area contributed by atoms with E-state index in [2.05, 4.69) is 33.1 Å². The Labute approximate surface area is 270 Å². The van der Waals surface area contributed by atoms with Crippen LogP contribution in [-0.4, -0.2) is 32.2 Å². The van der Waals surface area contributed by atoms with E-state index in [1.807, 2.05) is 26.0 Å². The van der Waals surface area contributed by atoms with Crippen molar-refractivity contribution in [2.24, 2.45) is 17.6 Å². The molecule has 6 rings (SSSR count). The summed E-state index contributed by atoms with van der Waals surface area (Å²) in [5, 5.41) is 22.4. The van der Waals surface area contributed by atoms with Crippen LogP contribution in [0, 0.1) is 35.9 Å². The zero-order valence-electron chi connectivity index (χ0n) is 25.1. The van der Waals surface area contributed by atoms with E-state index in [9.17, 15) is 10.1 Å². The molecule has 45 heavy (non-hydrogen) atoms. The lowest BCUT2D eigenvalue weighted by Gasteiger charge is -2.45. The van der Waals surface area contributed by atoms with Crippen LogP contribution in [0.5, 0.6) is 0 Å². The SMILES string of the molecule is Cc1nc2c(F)c(-c3cccc(Cl)c3Cl)c(CCC#N)cc2c2c1cc([C@@H](C)NC(=O)c1cccnn1)n2[C@H]1[C@@H](CN)C[C@@H]1C. The number of aryl methyl sites for hydroxylation is 2. The molecule has 0 unspecified atom stereocenters. The number of nitrogens with zero attached hydrogens (tertiary/aromatic N) is 5. The van der Waals surface area contributed by atoms with E-state index in [-0.39, 0.29) is 46.1 Å². The summed E-state index contributed by atoms with van der Waals surface area (Å²) >= 11 is 13.0. The minimum absolute atomic E-state index is 0.0241. The first-order chi connectivity index (χ1) is 21.7. The van der Waals surface area contributed by atoms with Gasteiger partial charge in [0.1, 0.15) is 5.52 Å². The lowest BCUT2D eigenvalue weighted by atomic mass is 9.70. The number of nitrogens with one attached hydrogen (secondary N) is 1. The van der Waals surface area contributed by atoms with Crippen molar-refractivity contribution in [3.05, 3.63) is 87.2 Å². The van der Waals surface area contributed by atoms with E-state index in [4.69, 9.17) is 33.9 Å². The summed E-state index contributed by atoms with van der Waals surface area (Å²) in [7, 11) is 0. The number of aromatic nitrogens is 4. The zero-order chi connectivity index (χ0) is 32.0. The van der Waals surface area contributed by atoms with Gasteiger partial charge < -0.3 is 15.6 Å². The average Bonchev–Trinajstić information content (AvgIpc) is 3.42. The van der Waals surface area contributed by atoms with Crippen molar-refractivity contribution in [3.63, 3.8) is 0 Å². The zero-order valence-corrected chi connectivity index (χ0v) is 26.6. The Morgan fingerprint density at radius 3 is 2.73 bits per heavy atom. The van der Waals surface area contributed by atoms with Crippen LogP contribution in [0.3, 0.4) is 0 Å². The highest BCUT2D eigenvalue weighted by Gasteiger charge is 2.41. The first kappa shape index (κ1) is 30.9. The lowest BCUT2D eigenvalue weighted by molar-refractivity contribution is 0.0913. The van der Waals surface area contributed by atoms with Crippen molar-refractivity contribution in [2.75, 3.05) is 6.54 Å². The molecule has 3 aromatic heterocycles. The van der Waals surface area contributed by atoms with Crippen molar-refractivity contribution in [1.29, 1.82) is 5.26 Å². The van der Waals surface area contributed by atoms with E-state index < -0.39 is 11.9 Å². The molecule has 0 saturated heterocycles.